The summed E-state index contributed by atoms with van der Waals surface area (Å²) in [5, 5.41) is 5.70. The van der Waals surface area contributed by atoms with Gasteiger partial charge in [0.2, 0.25) is 0 Å². The van der Waals surface area contributed by atoms with Gasteiger partial charge in [-0.15, -0.1) is 13.2 Å². The molecule has 1 aromatic heterocycles. The monoisotopic (exact) mass is 180 g/mol. The van der Waals surface area contributed by atoms with Crippen LogP contribution in [-0.4, -0.2) is 8.07 Å². The predicted molar refractivity (Wildman–Crippen MR) is 56.0 cm³/mol. The lowest BCUT2D eigenvalue weighted by Gasteiger charge is -2.15. The average Bonchev–Trinajstić information content (AvgIpc) is 2.55. The van der Waals surface area contributed by atoms with Gasteiger partial charge in [-0.2, -0.15) is 11.3 Å². The van der Waals surface area contributed by atoms with Crippen LogP contribution in [0.25, 0.3) is 0 Å². The van der Waals surface area contributed by atoms with Gasteiger partial charge in [0.05, 0.1) is 0 Å². The molecule has 2 heteroatoms. The summed E-state index contributed by atoms with van der Waals surface area (Å²) >= 11 is 1.74. The van der Waals surface area contributed by atoms with Crippen LogP contribution in [0.4, 0.5) is 0 Å². The zero-order valence-electron chi connectivity index (χ0n) is 6.71. The molecule has 0 nitrogen and oxygen atoms in total. The van der Waals surface area contributed by atoms with Crippen LogP contribution in [0.1, 0.15) is 0 Å². The summed E-state index contributed by atoms with van der Waals surface area (Å²) in [5.41, 5.74) is 4.12. The van der Waals surface area contributed by atoms with Crippen LogP contribution in [0.2, 0.25) is 6.55 Å². The van der Waals surface area contributed by atoms with Crippen LogP contribution in [0.15, 0.2) is 41.4 Å². The van der Waals surface area contributed by atoms with E-state index >= 15 is 0 Å². The highest BCUT2D eigenvalue weighted by molar-refractivity contribution is 7.11. The molecule has 0 unspecified atom stereocenters. The van der Waals surface area contributed by atoms with Crippen molar-refractivity contribution in [1.82, 2.24) is 0 Å². The van der Waals surface area contributed by atoms with Crippen molar-refractivity contribution in [2.24, 2.45) is 0 Å². The van der Waals surface area contributed by atoms with Crippen LogP contribution in [-0.2, 0) is 0 Å². The third kappa shape index (κ3) is 1.52. The largest absolute Gasteiger partial charge is 0.153 e. The molecule has 0 aromatic carbocycles. The minimum absolute atomic E-state index is 1.41. The zero-order chi connectivity index (χ0) is 8.32. The summed E-state index contributed by atoms with van der Waals surface area (Å²) in [6.07, 6.45) is 0. The van der Waals surface area contributed by atoms with Gasteiger partial charge in [-0.3, -0.25) is 0 Å². The van der Waals surface area contributed by atoms with E-state index in [0.29, 0.717) is 0 Å². The van der Waals surface area contributed by atoms with Gasteiger partial charge in [0.15, 0.2) is 0 Å². The molecule has 1 aromatic rings. The summed E-state index contributed by atoms with van der Waals surface area (Å²) < 4.78 is 0. The van der Waals surface area contributed by atoms with E-state index < -0.39 is 8.07 Å². The fraction of sp³-hybridized carbons (Fsp3) is 0.111. The third-order valence-corrected chi connectivity index (χ3v) is 6.13. The topological polar surface area (TPSA) is 0 Å². The Morgan fingerprint density at radius 2 is 2.09 bits per heavy atom. The van der Waals surface area contributed by atoms with Crippen LogP contribution in [0, 0.1) is 0 Å². The lowest BCUT2D eigenvalue weighted by Crippen LogP contribution is -2.39. The molecule has 58 valence electrons. The first-order valence-corrected chi connectivity index (χ1v) is 7.12. The molecule has 0 amide bonds. The second kappa shape index (κ2) is 3.20. The first kappa shape index (κ1) is 8.49. The fourth-order valence-electron chi connectivity index (χ4n) is 0.890. The van der Waals surface area contributed by atoms with Gasteiger partial charge in [-0.1, -0.05) is 24.0 Å². The van der Waals surface area contributed by atoms with E-state index in [0.717, 1.165) is 0 Å². The van der Waals surface area contributed by atoms with Gasteiger partial charge in [0, 0.05) is 0 Å². The van der Waals surface area contributed by atoms with Gasteiger partial charge in [-0.25, -0.2) is 0 Å². The van der Waals surface area contributed by atoms with Gasteiger partial charge in [-0.05, 0) is 15.9 Å². The maximum atomic E-state index is 3.85. The predicted octanol–water partition coefficient (Wildman–Crippen LogP) is 2.48. The number of rotatable bonds is 3. The van der Waals surface area contributed by atoms with Crippen molar-refractivity contribution in [1.29, 1.82) is 0 Å². The van der Waals surface area contributed by atoms with Gasteiger partial charge < -0.3 is 0 Å². The van der Waals surface area contributed by atoms with Crippen LogP contribution < -0.4 is 5.19 Å². The molecule has 1 rings (SSSR count). The van der Waals surface area contributed by atoms with Gasteiger partial charge in [0.25, 0.3) is 0 Å². The maximum absolute atomic E-state index is 3.85. The Kier molecular flexibility index (Phi) is 2.47. The van der Waals surface area contributed by atoms with E-state index in [1.165, 1.54) is 5.19 Å². The highest BCUT2D eigenvalue weighted by atomic mass is 32.1. The average molecular weight is 180 g/mol. The van der Waals surface area contributed by atoms with E-state index in [2.05, 4.69) is 47.9 Å². The molecule has 1 heterocycles. The van der Waals surface area contributed by atoms with Crippen molar-refractivity contribution in [3.63, 3.8) is 0 Å². The fourth-order valence-corrected chi connectivity index (χ4v) is 3.84. The summed E-state index contributed by atoms with van der Waals surface area (Å²) in [7, 11) is -1.48. The normalized spacial score (nSPS) is 11.0. The Bertz CT molecular complexity index is 241. The maximum Gasteiger partial charge on any atom is 0.130 e. The second-order valence-corrected chi connectivity index (χ2v) is 7.44. The Labute approximate surface area is 72.9 Å². The van der Waals surface area contributed by atoms with E-state index in [9.17, 15) is 0 Å². The number of thiophene rings is 1. The summed E-state index contributed by atoms with van der Waals surface area (Å²) in [4.78, 5) is 0. The molecule has 0 aliphatic rings. The van der Waals surface area contributed by atoms with Crippen LogP contribution >= 0.6 is 11.3 Å². The van der Waals surface area contributed by atoms with Crippen LogP contribution in [0.3, 0.4) is 0 Å². The standard InChI is InChI=1S/C9H12SSi/c1-4-11(3,5-2)9-6-7-10-8-9/h4-8H,1-2H2,3H3. The highest BCUT2D eigenvalue weighted by Gasteiger charge is 2.21. The molecular formula is C9H12SSi. The summed E-state index contributed by atoms with van der Waals surface area (Å²) in [6, 6.07) is 2.17. The van der Waals surface area contributed by atoms with Crippen molar-refractivity contribution in [3.05, 3.63) is 41.4 Å². The Balaban J connectivity index is 3.05. The molecular weight excluding hydrogens is 168 g/mol. The SMILES string of the molecule is C=C[Si](C)(C=C)c1ccsc1. The molecule has 0 N–H and O–H groups in total. The molecule has 11 heavy (non-hydrogen) atoms. The quantitative estimate of drug-likeness (QED) is 0.627. The van der Waals surface area contributed by atoms with Gasteiger partial charge >= 0.3 is 0 Å². The van der Waals surface area contributed by atoms with Crippen molar-refractivity contribution >= 4 is 24.6 Å². The molecule has 0 radical (unpaired) electrons. The van der Waals surface area contributed by atoms with Crippen molar-refractivity contribution < 1.29 is 0 Å². The molecule has 0 atom stereocenters. The molecule has 0 aliphatic heterocycles. The van der Waals surface area contributed by atoms with Crippen molar-refractivity contribution in [2.75, 3.05) is 0 Å². The molecule has 0 spiro atoms. The first-order chi connectivity index (χ1) is 5.23. The molecule has 0 bridgehead atoms. The minimum Gasteiger partial charge on any atom is -0.153 e. The van der Waals surface area contributed by atoms with Crippen LogP contribution in [0.5, 0.6) is 0 Å². The molecule has 0 saturated carbocycles. The lowest BCUT2D eigenvalue weighted by atomic mass is 10.7. The lowest BCUT2D eigenvalue weighted by molar-refractivity contribution is 1.91. The molecule has 0 fully saturated rings. The van der Waals surface area contributed by atoms with Crippen molar-refractivity contribution in [3.8, 4) is 0 Å². The number of hydrogen-bond acceptors (Lipinski definition) is 1. The Morgan fingerprint density at radius 3 is 2.45 bits per heavy atom. The Hall–Kier alpha value is -0.603. The first-order valence-electron chi connectivity index (χ1n) is 3.53. The number of hydrogen-bond donors (Lipinski definition) is 0. The van der Waals surface area contributed by atoms with Crippen molar-refractivity contribution in [2.45, 2.75) is 6.55 Å². The Morgan fingerprint density at radius 1 is 1.45 bits per heavy atom. The van der Waals surface area contributed by atoms with E-state index in [4.69, 9.17) is 0 Å². The molecule has 0 aliphatic carbocycles. The summed E-state index contributed by atoms with van der Waals surface area (Å²) in [5.74, 6) is 0. The smallest absolute Gasteiger partial charge is 0.130 e. The van der Waals surface area contributed by atoms with E-state index in [1.807, 2.05) is 0 Å². The summed E-state index contributed by atoms with van der Waals surface area (Å²) in [6.45, 7) is 9.95. The second-order valence-electron chi connectivity index (χ2n) is 2.70. The van der Waals surface area contributed by atoms with E-state index in [1.54, 1.807) is 11.3 Å². The zero-order valence-corrected chi connectivity index (χ0v) is 8.53. The third-order valence-electron chi connectivity index (χ3n) is 1.99. The van der Waals surface area contributed by atoms with E-state index in [-0.39, 0.29) is 0 Å². The minimum atomic E-state index is -1.48. The van der Waals surface area contributed by atoms with Gasteiger partial charge in [0.1, 0.15) is 8.07 Å². The molecule has 0 saturated heterocycles. The highest BCUT2D eigenvalue weighted by Crippen LogP contribution is 2.08.